The Morgan fingerprint density at radius 2 is 1.97 bits per heavy atom. The van der Waals surface area contributed by atoms with Crippen molar-refractivity contribution in [3.63, 3.8) is 0 Å². The molecular weight excluding hydrogens is 382 g/mol. The first-order valence-electron chi connectivity index (χ1n) is 9.31. The third-order valence-electron chi connectivity index (χ3n) is 4.29. The second-order valence-corrected chi connectivity index (χ2v) is 6.28. The molecule has 7 nitrogen and oxygen atoms in total. The van der Waals surface area contributed by atoms with E-state index in [4.69, 9.17) is 21.2 Å². The van der Waals surface area contributed by atoms with Gasteiger partial charge in [-0.25, -0.2) is 0 Å². The highest BCUT2D eigenvalue weighted by Gasteiger charge is 2.19. The van der Waals surface area contributed by atoms with Crippen molar-refractivity contribution in [3.05, 3.63) is 53.6 Å². The van der Waals surface area contributed by atoms with Crippen molar-refractivity contribution >= 4 is 17.5 Å². The third-order valence-corrected chi connectivity index (χ3v) is 4.29. The average molecular weight is 405 g/mol. The van der Waals surface area contributed by atoms with Gasteiger partial charge < -0.3 is 19.7 Å². The van der Waals surface area contributed by atoms with Gasteiger partial charge in [-0.1, -0.05) is 12.0 Å². The van der Waals surface area contributed by atoms with Crippen LogP contribution >= 0.6 is 0 Å². The molecule has 154 valence electrons. The molecule has 1 N–H and O–H groups in total. The maximum atomic E-state index is 12.8. The van der Waals surface area contributed by atoms with Crippen molar-refractivity contribution in [3.8, 4) is 29.9 Å². The van der Waals surface area contributed by atoms with E-state index in [1.165, 1.54) is 19.1 Å². The van der Waals surface area contributed by atoms with E-state index in [-0.39, 0.29) is 31.4 Å². The summed E-state index contributed by atoms with van der Waals surface area (Å²) >= 11 is 0. The van der Waals surface area contributed by atoms with Crippen LogP contribution in [0.2, 0.25) is 0 Å². The molecule has 0 atom stereocenters. The Kier molecular flexibility index (Phi) is 8.28. The Morgan fingerprint density at radius 1 is 1.17 bits per heavy atom. The van der Waals surface area contributed by atoms with E-state index >= 15 is 0 Å². The van der Waals surface area contributed by atoms with Crippen molar-refractivity contribution < 1.29 is 19.1 Å². The molecule has 2 rings (SSSR count). The van der Waals surface area contributed by atoms with Crippen molar-refractivity contribution in [1.29, 1.82) is 5.26 Å². The van der Waals surface area contributed by atoms with E-state index in [1.54, 1.807) is 42.5 Å². The molecule has 0 radical (unpaired) electrons. The first-order valence-corrected chi connectivity index (χ1v) is 9.31. The number of hydrogen-bond donors (Lipinski definition) is 1. The minimum atomic E-state index is -0.284. The number of rotatable bonds is 9. The molecule has 0 unspecified atom stereocenters. The number of terminal acetylenes is 1. The summed E-state index contributed by atoms with van der Waals surface area (Å²) in [5, 5.41) is 11.5. The number of nitrogens with zero attached hydrogens (tertiary/aromatic N) is 2. The van der Waals surface area contributed by atoms with E-state index in [2.05, 4.69) is 11.2 Å². The minimum Gasteiger partial charge on any atom is -0.493 e. The molecule has 2 amide bonds. The molecule has 0 spiro atoms. The predicted molar refractivity (Wildman–Crippen MR) is 113 cm³/mol. The molecule has 0 aliphatic rings. The van der Waals surface area contributed by atoms with E-state index in [1.807, 2.05) is 6.07 Å². The molecule has 0 heterocycles. The number of hydrogen-bond acceptors (Lipinski definition) is 5. The predicted octanol–water partition coefficient (Wildman–Crippen LogP) is 2.49. The third kappa shape index (κ3) is 6.02. The summed E-state index contributed by atoms with van der Waals surface area (Å²) in [6.45, 7) is 0.167. The zero-order valence-corrected chi connectivity index (χ0v) is 17.0. The lowest BCUT2D eigenvalue weighted by Gasteiger charge is -2.22. The summed E-state index contributed by atoms with van der Waals surface area (Å²) < 4.78 is 10.9. The van der Waals surface area contributed by atoms with Gasteiger partial charge in [0.2, 0.25) is 11.8 Å². The van der Waals surface area contributed by atoms with Crippen LogP contribution < -0.4 is 19.7 Å². The number of anilines is 1. The van der Waals surface area contributed by atoms with Crippen molar-refractivity contribution in [2.75, 3.05) is 32.2 Å². The van der Waals surface area contributed by atoms with Crippen LogP contribution in [0.1, 0.15) is 24.0 Å². The number of carbonyl (C=O) groups excluding carboxylic acids is 2. The van der Waals surface area contributed by atoms with Gasteiger partial charge in [0, 0.05) is 30.8 Å². The second kappa shape index (κ2) is 11.1. The monoisotopic (exact) mass is 405 g/mol. The molecule has 30 heavy (non-hydrogen) atoms. The van der Waals surface area contributed by atoms with Crippen LogP contribution in [0.15, 0.2) is 42.5 Å². The number of ether oxygens (including phenoxy) is 2. The molecule has 0 bridgehead atoms. The van der Waals surface area contributed by atoms with Crippen molar-refractivity contribution in [2.24, 2.45) is 0 Å². The first kappa shape index (κ1) is 22.3. The smallest absolute Gasteiger partial charge is 0.239 e. The number of carbonyl (C=O) groups is 2. The van der Waals surface area contributed by atoms with Gasteiger partial charge in [0.1, 0.15) is 6.54 Å². The summed E-state index contributed by atoms with van der Waals surface area (Å²) in [5.41, 5.74) is 1.65. The molecule has 2 aromatic carbocycles. The zero-order chi connectivity index (χ0) is 21.9. The molecule has 2 aromatic rings. The fourth-order valence-electron chi connectivity index (χ4n) is 2.71. The van der Waals surface area contributed by atoms with Crippen molar-refractivity contribution in [1.82, 2.24) is 5.32 Å². The van der Waals surface area contributed by atoms with Gasteiger partial charge in [-0.05, 0) is 36.8 Å². The van der Waals surface area contributed by atoms with Gasteiger partial charge in [0.15, 0.2) is 11.5 Å². The largest absolute Gasteiger partial charge is 0.493 e. The SMILES string of the molecule is C#Cc1cccc(N(CC(=O)NC)C(=O)CCCOc2ccc(C#N)cc2OC)c1. The fraction of sp³-hybridized carbons (Fsp3) is 0.261. The van der Waals surface area contributed by atoms with Crippen LogP contribution in [0.5, 0.6) is 11.5 Å². The van der Waals surface area contributed by atoms with Gasteiger partial charge in [-0.15, -0.1) is 6.42 Å². The molecule has 0 saturated carbocycles. The van der Waals surface area contributed by atoms with Gasteiger partial charge >= 0.3 is 0 Å². The molecule has 0 fully saturated rings. The van der Waals surface area contributed by atoms with E-state index in [0.29, 0.717) is 34.7 Å². The Bertz CT molecular complexity index is 989. The lowest BCUT2D eigenvalue weighted by atomic mass is 10.1. The average Bonchev–Trinajstić information content (AvgIpc) is 2.79. The topological polar surface area (TPSA) is 91.7 Å². The van der Waals surface area contributed by atoms with E-state index in [0.717, 1.165) is 0 Å². The summed E-state index contributed by atoms with van der Waals surface area (Å²) in [7, 11) is 3.01. The van der Waals surface area contributed by atoms with E-state index < -0.39 is 0 Å². The highest BCUT2D eigenvalue weighted by Crippen LogP contribution is 2.28. The summed E-state index contributed by atoms with van der Waals surface area (Å²) in [4.78, 5) is 26.1. The van der Waals surface area contributed by atoms with Crippen LogP contribution in [0.4, 0.5) is 5.69 Å². The standard InChI is InChI=1S/C23H23N3O4/c1-4-17-7-5-8-19(13-17)26(16-22(27)25-2)23(28)9-6-12-30-20-11-10-18(15-24)14-21(20)29-3/h1,5,7-8,10-11,13-14H,6,9,12,16H2,2-3H3,(H,25,27). The summed E-state index contributed by atoms with van der Waals surface area (Å²) in [6, 6.07) is 13.8. The quantitative estimate of drug-likeness (QED) is 0.511. The fourth-order valence-corrected chi connectivity index (χ4v) is 2.71. The Labute approximate surface area is 176 Å². The molecular formula is C23H23N3O4. The van der Waals surface area contributed by atoms with Crippen LogP contribution in [-0.2, 0) is 9.59 Å². The van der Waals surface area contributed by atoms with Crippen molar-refractivity contribution in [2.45, 2.75) is 12.8 Å². The van der Waals surface area contributed by atoms with E-state index in [9.17, 15) is 9.59 Å². The summed E-state index contributed by atoms with van der Waals surface area (Å²) in [5.74, 6) is 2.97. The molecule has 0 aromatic heterocycles. The van der Waals surface area contributed by atoms with Gasteiger partial charge in [0.25, 0.3) is 0 Å². The first-order chi connectivity index (χ1) is 14.5. The number of amides is 2. The van der Waals surface area contributed by atoms with Crippen LogP contribution in [0.25, 0.3) is 0 Å². The number of methoxy groups -OCH3 is 1. The molecule has 0 aliphatic carbocycles. The van der Waals surface area contributed by atoms with Gasteiger partial charge in [-0.2, -0.15) is 5.26 Å². The van der Waals surface area contributed by atoms with Crippen LogP contribution in [0, 0.1) is 23.7 Å². The number of nitriles is 1. The normalized spacial score (nSPS) is 9.73. The Hall–Kier alpha value is -3.97. The number of nitrogens with one attached hydrogen (secondary N) is 1. The Morgan fingerprint density at radius 3 is 2.63 bits per heavy atom. The highest BCUT2D eigenvalue weighted by atomic mass is 16.5. The van der Waals surface area contributed by atoms with Crippen LogP contribution in [0.3, 0.4) is 0 Å². The maximum Gasteiger partial charge on any atom is 0.239 e. The minimum absolute atomic E-state index is 0.104. The van der Waals surface area contributed by atoms with Crippen LogP contribution in [-0.4, -0.2) is 39.1 Å². The number of likely N-dealkylation sites (N-methyl/N-ethyl adjacent to an activating group) is 1. The maximum absolute atomic E-state index is 12.8. The summed E-state index contributed by atoms with van der Waals surface area (Å²) in [6.07, 6.45) is 6.05. The second-order valence-electron chi connectivity index (χ2n) is 6.28. The highest BCUT2D eigenvalue weighted by molar-refractivity contribution is 5.98. The van der Waals surface area contributed by atoms with Gasteiger partial charge in [0.05, 0.1) is 25.3 Å². The molecule has 0 saturated heterocycles. The lowest BCUT2D eigenvalue weighted by Crippen LogP contribution is -2.39. The lowest BCUT2D eigenvalue weighted by molar-refractivity contribution is -0.123. The molecule has 7 heteroatoms. The van der Waals surface area contributed by atoms with Gasteiger partial charge in [-0.3, -0.25) is 9.59 Å². The number of benzene rings is 2. The molecule has 0 aliphatic heterocycles. The Balaban J connectivity index is 2.01. The zero-order valence-electron chi connectivity index (χ0n) is 17.0.